The number of likely N-dealkylation sites (tertiary alicyclic amines) is 1. The van der Waals surface area contributed by atoms with E-state index in [1.807, 2.05) is 4.90 Å². The number of carbonyl (C=O) groups is 1. The van der Waals surface area contributed by atoms with E-state index in [1.165, 1.54) is 44.9 Å². The van der Waals surface area contributed by atoms with E-state index in [0.29, 0.717) is 18.5 Å². The van der Waals surface area contributed by atoms with Crippen LogP contribution in [-0.2, 0) is 4.79 Å². The first-order valence-electron chi connectivity index (χ1n) is 9.94. The number of carbonyl (C=O) groups excluding carboxylic acids is 1. The molecule has 2 heterocycles. The second kappa shape index (κ2) is 7.01. The van der Waals surface area contributed by atoms with E-state index in [0.717, 1.165) is 38.6 Å². The lowest BCUT2D eigenvalue weighted by Crippen LogP contribution is -2.56. The largest absolute Gasteiger partial charge is 0.338 e. The molecule has 2 saturated carbocycles. The zero-order valence-corrected chi connectivity index (χ0v) is 14.7. The Labute approximate surface area is 145 Å². The molecule has 0 bridgehead atoms. The van der Waals surface area contributed by atoms with E-state index in [9.17, 15) is 10.1 Å². The van der Waals surface area contributed by atoms with Crippen LogP contribution in [0.15, 0.2) is 0 Å². The number of hydrogen-bond donors (Lipinski definition) is 0. The molecule has 132 valence electrons. The van der Waals surface area contributed by atoms with Gasteiger partial charge in [0.15, 0.2) is 0 Å². The Morgan fingerprint density at radius 2 is 1.67 bits per heavy atom. The third kappa shape index (κ3) is 3.32. The Morgan fingerprint density at radius 1 is 0.875 bits per heavy atom. The number of nitriles is 1. The van der Waals surface area contributed by atoms with Gasteiger partial charge in [-0.25, -0.2) is 0 Å². The first-order chi connectivity index (χ1) is 11.8. The minimum atomic E-state index is -0.0916. The quantitative estimate of drug-likeness (QED) is 0.792. The minimum Gasteiger partial charge on any atom is -0.338 e. The molecule has 2 aliphatic carbocycles. The van der Waals surface area contributed by atoms with Crippen molar-refractivity contribution in [2.45, 2.75) is 69.5 Å². The lowest BCUT2D eigenvalue weighted by Gasteiger charge is -2.39. The van der Waals surface area contributed by atoms with Crippen LogP contribution in [-0.4, -0.2) is 71.5 Å². The average molecular weight is 330 g/mol. The third-order valence-corrected chi connectivity index (χ3v) is 6.56. The zero-order valence-electron chi connectivity index (χ0n) is 14.7. The molecular formula is C19H30N4O. The number of piperazine rings is 1. The van der Waals surface area contributed by atoms with Gasteiger partial charge in [0.1, 0.15) is 6.04 Å². The fraction of sp³-hybridized carbons (Fsp3) is 0.895. The van der Waals surface area contributed by atoms with Crippen molar-refractivity contribution in [3.8, 4) is 6.07 Å². The minimum absolute atomic E-state index is 0.0916. The highest BCUT2D eigenvalue weighted by molar-refractivity contribution is 5.79. The molecule has 0 aromatic heterocycles. The predicted octanol–water partition coefficient (Wildman–Crippen LogP) is 1.84. The number of hydrogen-bond acceptors (Lipinski definition) is 4. The maximum absolute atomic E-state index is 13.0. The Morgan fingerprint density at radius 3 is 2.38 bits per heavy atom. The van der Waals surface area contributed by atoms with Crippen LogP contribution in [0.5, 0.6) is 0 Å². The number of amides is 1. The molecule has 0 unspecified atom stereocenters. The number of nitrogens with zero attached hydrogens (tertiary/aromatic N) is 4. The maximum atomic E-state index is 13.0. The predicted molar refractivity (Wildman–Crippen MR) is 92.3 cm³/mol. The molecule has 4 aliphatic rings. The van der Waals surface area contributed by atoms with Gasteiger partial charge in [-0.1, -0.05) is 19.3 Å². The van der Waals surface area contributed by atoms with Gasteiger partial charge in [0.2, 0.25) is 5.91 Å². The van der Waals surface area contributed by atoms with Gasteiger partial charge in [0.25, 0.3) is 0 Å². The SMILES string of the molecule is N#C[C@H]1CN(C(=O)[C@H]2CCN(C3CCCCC3)C2)CCN1C1CC1. The Hall–Kier alpha value is -1.12. The van der Waals surface area contributed by atoms with Crippen molar-refractivity contribution < 1.29 is 4.79 Å². The van der Waals surface area contributed by atoms with Gasteiger partial charge in [-0.05, 0) is 38.6 Å². The van der Waals surface area contributed by atoms with Gasteiger partial charge in [-0.2, -0.15) is 5.26 Å². The van der Waals surface area contributed by atoms with Crippen LogP contribution < -0.4 is 0 Å². The van der Waals surface area contributed by atoms with E-state index in [4.69, 9.17) is 0 Å². The van der Waals surface area contributed by atoms with Crippen LogP contribution in [0, 0.1) is 17.2 Å². The molecule has 2 atom stereocenters. The molecule has 5 heteroatoms. The highest BCUT2D eigenvalue weighted by Crippen LogP contribution is 2.32. The molecule has 5 nitrogen and oxygen atoms in total. The average Bonchev–Trinajstić information content (AvgIpc) is 3.37. The van der Waals surface area contributed by atoms with Gasteiger partial charge in [-0.3, -0.25) is 14.6 Å². The monoisotopic (exact) mass is 330 g/mol. The van der Waals surface area contributed by atoms with Crippen molar-refractivity contribution in [1.29, 1.82) is 5.26 Å². The lowest BCUT2D eigenvalue weighted by atomic mass is 9.94. The molecule has 4 rings (SSSR count). The van der Waals surface area contributed by atoms with Crippen molar-refractivity contribution in [3.63, 3.8) is 0 Å². The highest BCUT2D eigenvalue weighted by Gasteiger charge is 2.41. The van der Waals surface area contributed by atoms with E-state index in [-0.39, 0.29) is 12.0 Å². The van der Waals surface area contributed by atoms with Crippen molar-refractivity contribution in [2.24, 2.45) is 5.92 Å². The summed E-state index contributed by atoms with van der Waals surface area (Å²) in [6, 6.07) is 3.67. The molecule has 24 heavy (non-hydrogen) atoms. The maximum Gasteiger partial charge on any atom is 0.227 e. The summed E-state index contributed by atoms with van der Waals surface area (Å²) in [7, 11) is 0. The fourth-order valence-electron chi connectivity index (χ4n) is 4.98. The summed E-state index contributed by atoms with van der Waals surface area (Å²) < 4.78 is 0. The first-order valence-corrected chi connectivity index (χ1v) is 9.94. The molecule has 4 fully saturated rings. The van der Waals surface area contributed by atoms with Crippen LogP contribution in [0.1, 0.15) is 51.4 Å². The summed E-state index contributed by atoms with van der Waals surface area (Å²) in [5.74, 6) is 0.475. The highest BCUT2D eigenvalue weighted by atomic mass is 16.2. The molecule has 0 aromatic carbocycles. The molecule has 2 saturated heterocycles. The smallest absolute Gasteiger partial charge is 0.227 e. The van der Waals surface area contributed by atoms with Crippen LogP contribution in [0.2, 0.25) is 0 Å². The molecule has 1 amide bonds. The van der Waals surface area contributed by atoms with E-state index < -0.39 is 0 Å². The third-order valence-electron chi connectivity index (χ3n) is 6.56. The first kappa shape index (κ1) is 16.4. The molecule has 0 radical (unpaired) electrons. The van der Waals surface area contributed by atoms with Gasteiger partial charge in [0, 0.05) is 38.3 Å². The van der Waals surface area contributed by atoms with Gasteiger partial charge in [0.05, 0.1) is 12.0 Å². The van der Waals surface area contributed by atoms with Gasteiger partial charge < -0.3 is 4.90 Å². The molecule has 2 aliphatic heterocycles. The fourth-order valence-corrected chi connectivity index (χ4v) is 4.98. The molecule has 0 aromatic rings. The Kier molecular flexibility index (Phi) is 4.78. The molecular weight excluding hydrogens is 300 g/mol. The van der Waals surface area contributed by atoms with Crippen LogP contribution in [0.3, 0.4) is 0 Å². The normalized spacial score (nSPS) is 33.5. The van der Waals surface area contributed by atoms with Crippen LogP contribution in [0.4, 0.5) is 0 Å². The zero-order chi connectivity index (χ0) is 16.5. The van der Waals surface area contributed by atoms with Crippen LogP contribution >= 0.6 is 0 Å². The molecule has 0 spiro atoms. The summed E-state index contributed by atoms with van der Waals surface area (Å²) in [5, 5.41) is 9.48. The van der Waals surface area contributed by atoms with Crippen LogP contribution in [0.25, 0.3) is 0 Å². The summed E-state index contributed by atoms with van der Waals surface area (Å²) in [6.45, 7) is 4.35. The van der Waals surface area contributed by atoms with E-state index in [2.05, 4.69) is 15.9 Å². The summed E-state index contributed by atoms with van der Waals surface area (Å²) >= 11 is 0. The molecule has 0 N–H and O–H groups in total. The summed E-state index contributed by atoms with van der Waals surface area (Å²) in [5.41, 5.74) is 0. The standard InChI is InChI=1S/C19H30N4O/c20-12-18-14-22(10-11-23(18)17-6-7-17)19(24)15-8-9-21(13-15)16-4-2-1-3-5-16/h15-18H,1-11,13-14H2/t15-,18-/m0/s1. The summed E-state index contributed by atoms with van der Waals surface area (Å²) in [6.07, 6.45) is 10.2. The second-order valence-electron chi connectivity index (χ2n) is 8.17. The van der Waals surface area contributed by atoms with Gasteiger partial charge >= 0.3 is 0 Å². The van der Waals surface area contributed by atoms with Crippen molar-refractivity contribution in [2.75, 3.05) is 32.7 Å². The topological polar surface area (TPSA) is 50.6 Å². The Balaban J connectivity index is 1.32. The number of rotatable bonds is 3. The van der Waals surface area contributed by atoms with Gasteiger partial charge in [-0.15, -0.1) is 0 Å². The van der Waals surface area contributed by atoms with Crippen molar-refractivity contribution in [1.82, 2.24) is 14.7 Å². The lowest BCUT2D eigenvalue weighted by molar-refractivity contribution is -0.137. The van der Waals surface area contributed by atoms with E-state index >= 15 is 0 Å². The van der Waals surface area contributed by atoms with Crippen molar-refractivity contribution in [3.05, 3.63) is 0 Å². The van der Waals surface area contributed by atoms with E-state index in [1.54, 1.807) is 0 Å². The van der Waals surface area contributed by atoms with Crippen molar-refractivity contribution >= 4 is 5.91 Å². The second-order valence-corrected chi connectivity index (χ2v) is 8.17. The summed E-state index contributed by atoms with van der Waals surface area (Å²) in [4.78, 5) is 19.8. The Bertz CT molecular complexity index is 506.